The van der Waals surface area contributed by atoms with E-state index in [0.29, 0.717) is 18.9 Å². The fourth-order valence-corrected chi connectivity index (χ4v) is 1.63. The molecule has 1 saturated carbocycles. The summed E-state index contributed by atoms with van der Waals surface area (Å²) >= 11 is 0. The van der Waals surface area contributed by atoms with Gasteiger partial charge in [-0.1, -0.05) is 0 Å². The number of carboxylic acid groups (broad SMARTS) is 1. The maximum atomic E-state index is 13.4. The summed E-state index contributed by atoms with van der Waals surface area (Å²) in [6.45, 7) is 1.40. The molecule has 0 heterocycles. The fourth-order valence-electron chi connectivity index (χ4n) is 1.63. The number of nitrogens with one attached hydrogen (secondary N) is 1. The molecule has 18 heavy (non-hydrogen) atoms. The van der Waals surface area contributed by atoms with Gasteiger partial charge in [-0.05, 0) is 31.4 Å². The number of halogens is 2. The number of rotatable bonds is 3. The molecule has 1 aromatic rings. The molecule has 0 radical (unpaired) electrons. The zero-order valence-electron chi connectivity index (χ0n) is 9.59. The number of carbonyl (C=O) groups excluding carboxylic acids is 1. The van der Waals surface area contributed by atoms with Crippen molar-refractivity contribution in [1.82, 2.24) is 5.32 Å². The van der Waals surface area contributed by atoms with Crippen LogP contribution in [0, 0.1) is 18.6 Å². The van der Waals surface area contributed by atoms with Crippen LogP contribution in [0.4, 0.5) is 8.78 Å². The molecule has 0 unspecified atom stereocenters. The van der Waals surface area contributed by atoms with Crippen LogP contribution in [-0.4, -0.2) is 22.5 Å². The highest BCUT2D eigenvalue weighted by Gasteiger charge is 2.51. The van der Waals surface area contributed by atoms with Gasteiger partial charge in [0, 0.05) is 6.07 Å². The lowest BCUT2D eigenvalue weighted by Gasteiger charge is -2.13. The summed E-state index contributed by atoms with van der Waals surface area (Å²) in [5, 5.41) is 11.2. The molecule has 4 nitrogen and oxygen atoms in total. The molecule has 1 aliphatic rings. The van der Waals surface area contributed by atoms with E-state index in [1.807, 2.05) is 0 Å². The minimum Gasteiger partial charge on any atom is -0.480 e. The van der Waals surface area contributed by atoms with Crippen molar-refractivity contribution < 1.29 is 23.5 Å². The lowest BCUT2D eigenvalue weighted by Crippen LogP contribution is -2.43. The molecule has 1 fully saturated rings. The van der Waals surface area contributed by atoms with Crippen LogP contribution in [0.1, 0.15) is 28.8 Å². The summed E-state index contributed by atoms with van der Waals surface area (Å²) in [5.41, 5.74) is -1.51. The Bertz CT molecular complexity index is 538. The van der Waals surface area contributed by atoms with Crippen molar-refractivity contribution in [2.75, 3.05) is 0 Å². The molecule has 0 saturated heterocycles. The van der Waals surface area contributed by atoms with Crippen molar-refractivity contribution in [2.24, 2.45) is 0 Å². The fraction of sp³-hybridized carbons (Fsp3) is 0.333. The highest BCUT2D eigenvalue weighted by molar-refractivity contribution is 5.99. The van der Waals surface area contributed by atoms with Gasteiger partial charge < -0.3 is 10.4 Å². The van der Waals surface area contributed by atoms with Crippen molar-refractivity contribution in [1.29, 1.82) is 0 Å². The SMILES string of the molecule is Cc1cc(C(=O)NC2(C(=O)O)CC2)c(F)cc1F. The molecular formula is C12H11F2NO3. The zero-order chi connectivity index (χ0) is 13.5. The Balaban J connectivity index is 2.25. The topological polar surface area (TPSA) is 66.4 Å². The predicted molar refractivity (Wildman–Crippen MR) is 58.2 cm³/mol. The maximum absolute atomic E-state index is 13.4. The number of hydrogen-bond acceptors (Lipinski definition) is 2. The molecule has 0 aliphatic heterocycles. The minimum atomic E-state index is -1.29. The van der Waals surface area contributed by atoms with Gasteiger partial charge in [0.25, 0.3) is 5.91 Å². The van der Waals surface area contributed by atoms with E-state index in [4.69, 9.17) is 5.11 Å². The van der Waals surface area contributed by atoms with Gasteiger partial charge in [0.2, 0.25) is 0 Å². The Morgan fingerprint density at radius 3 is 2.39 bits per heavy atom. The van der Waals surface area contributed by atoms with Gasteiger partial charge in [-0.25, -0.2) is 13.6 Å². The molecule has 1 amide bonds. The molecule has 6 heteroatoms. The van der Waals surface area contributed by atoms with Gasteiger partial charge in [-0.3, -0.25) is 4.79 Å². The van der Waals surface area contributed by atoms with Gasteiger partial charge in [0.1, 0.15) is 17.2 Å². The normalized spacial score (nSPS) is 16.2. The van der Waals surface area contributed by atoms with E-state index in [1.165, 1.54) is 6.92 Å². The van der Waals surface area contributed by atoms with Crippen molar-refractivity contribution in [3.8, 4) is 0 Å². The molecule has 0 atom stereocenters. The van der Waals surface area contributed by atoms with E-state index in [-0.39, 0.29) is 11.1 Å². The lowest BCUT2D eigenvalue weighted by atomic mass is 10.1. The molecule has 0 aromatic heterocycles. The average Bonchev–Trinajstić information content (AvgIpc) is 3.04. The summed E-state index contributed by atoms with van der Waals surface area (Å²) in [4.78, 5) is 22.6. The van der Waals surface area contributed by atoms with E-state index in [0.717, 1.165) is 6.07 Å². The second-order valence-electron chi connectivity index (χ2n) is 4.42. The molecule has 96 valence electrons. The molecule has 2 N–H and O–H groups in total. The molecular weight excluding hydrogens is 244 g/mol. The van der Waals surface area contributed by atoms with Crippen LogP contribution >= 0.6 is 0 Å². The van der Waals surface area contributed by atoms with Crippen molar-refractivity contribution >= 4 is 11.9 Å². The van der Waals surface area contributed by atoms with Gasteiger partial charge >= 0.3 is 5.97 Å². The van der Waals surface area contributed by atoms with E-state index in [1.54, 1.807) is 0 Å². The Hall–Kier alpha value is -1.98. The summed E-state index contributed by atoms with van der Waals surface area (Å²) in [7, 11) is 0. The summed E-state index contributed by atoms with van der Waals surface area (Å²) < 4.78 is 26.5. The van der Waals surface area contributed by atoms with Gasteiger partial charge in [0.05, 0.1) is 5.56 Å². The third kappa shape index (κ3) is 2.05. The van der Waals surface area contributed by atoms with Crippen LogP contribution in [-0.2, 0) is 4.79 Å². The van der Waals surface area contributed by atoms with Crippen LogP contribution in [0.2, 0.25) is 0 Å². The van der Waals surface area contributed by atoms with Crippen LogP contribution in [0.5, 0.6) is 0 Å². The van der Waals surface area contributed by atoms with Crippen LogP contribution in [0.25, 0.3) is 0 Å². The highest BCUT2D eigenvalue weighted by atomic mass is 19.1. The number of benzene rings is 1. The highest BCUT2D eigenvalue weighted by Crippen LogP contribution is 2.35. The first-order valence-electron chi connectivity index (χ1n) is 5.37. The maximum Gasteiger partial charge on any atom is 0.329 e. The Morgan fingerprint density at radius 1 is 1.28 bits per heavy atom. The first kappa shape index (κ1) is 12.5. The van der Waals surface area contributed by atoms with Gasteiger partial charge in [-0.2, -0.15) is 0 Å². The first-order valence-corrected chi connectivity index (χ1v) is 5.37. The third-order valence-corrected chi connectivity index (χ3v) is 3.01. The largest absolute Gasteiger partial charge is 0.480 e. The second kappa shape index (κ2) is 4.04. The number of hydrogen-bond donors (Lipinski definition) is 2. The molecule has 2 rings (SSSR count). The summed E-state index contributed by atoms with van der Waals surface area (Å²) in [6.07, 6.45) is 0.631. The smallest absolute Gasteiger partial charge is 0.329 e. The third-order valence-electron chi connectivity index (χ3n) is 3.01. The monoisotopic (exact) mass is 255 g/mol. The minimum absolute atomic E-state index is 0.127. The standard InChI is InChI=1S/C12H11F2NO3/c1-6-4-7(9(14)5-8(6)13)10(16)15-12(2-3-12)11(17)18/h4-5H,2-3H2,1H3,(H,15,16)(H,17,18). The Morgan fingerprint density at radius 2 is 1.89 bits per heavy atom. The number of carboxylic acids is 1. The lowest BCUT2D eigenvalue weighted by molar-refractivity contribution is -0.140. The Kier molecular flexibility index (Phi) is 2.80. The molecule has 1 aromatic carbocycles. The first-order chi connectivity index (χ1) is 8.35. The van der Waals surface area contributed by atoms with Crippen LogP contribution < -0.4 is 5.32 Å². The van der Waals surface area contributed by atoms with Crippen LogP contribution in [0.3, 0.4) is 0 Å². The van der Waals surface area contributed by atoms with Crippen molar-refractivity contribution in [3.05, 3.63) is 34.9 Å². The number of aliphatic carboxylic acids is 1. The van der Waals surface area contributed by atoms with Gasteiger partial charge in [-0.15, -0.1) is 0 Å². The number of carbonyl (C=O) groups is 2. The molecule has 1 aliphatic carbocycles. The molecule has 0 bridgehead atoms. The van der Waals surface area contributed by atoms with E-state index >= 15 is 0 Å². The second-order valence-corrected chi connectivity index (χ2v) is 4.42. The van der Waals surface area contributed by atoms with E-state index < -0.39 is 29.0 Å². The summed E-state index contributed by atoms with van der Waals surface area (Å²) in [5.74, 6) is -3.73. The summed E-state index contributed by atoms with van der Waals surface area (Å²) in [6, 6.07) is 1.68. The quantitative estimate of drug-likeness (QED) is 0.862. The Labute approximate surface area is 102 Å². The predicted octanol–water partition coefficient (Wildman–Crippen LogP) is 1.62. The van der Waals surface area contributed by atoms with Gasteiger partial charge in [0.15, 0.2) is 0 Å². The number of aryl methyl sites for hydroxylation is 1. The zero-order valence-corrected chi connectivity index (χ0v) is 9.59. The average molecular weight is 255 g/mol. The van der Waals surface area contributed by atoms with E-state index in [2.05, 4.69) is 5.32 Å². The van der Waals surface area contributed by atoms with Crippen LogP contribution in [0.15, 0.2) is 12.1 Å². The van der Waals surface area contributed by atoms with Crippen molar-refractivity contribution in [2.45, 2.75) is 25.3 Å². The molecule has 0 spiro atoms. The number of amides is 1. The van der Waals surface area contributed by atoms with E-state index in [9.17, 15) is 18.4 Å². The van der Waals surface area contributed by atoms with Crippen molar-refractivity contribution in [3.63, 3.8) is 0 Å².